The van der Waals surface area contributed by atoms with Crippen LogP contribution in [0.1, 0.15) is 38.5 Å². The van der Waals surface area contributed by atoms with Crippen LogP contribution < -0.4 is 5.32 Å². The van der Waals surface area contributed by atoms with E-state index in [-0.39, 0.29) is 0 Å². The van der Waals surface area contributed by atoms with Crippen LogP contribution in [0.2, 0.25) is 0 Å². The number of likely N-dealkylation sites (N-methyl/N-ethyl adjacent to an activating group) is 1. The van der Waals surface area contributed by atoms with Crippen LogP contribution >= 0.6 is 0 Å². The highest BCUT2D eigenvalue weighted by Crippen LogP contribution is 2.43. The van der Waals surface area contributed by atoms with Crippen LogP contribution in [-0.2, 0) is 0 Å². The number of nitrogens with one attached hydrogen (secondary N) is 1. The van der Waals surface area contributed by atoms with Crippen molar-refractivity contribution in [2.75, 3.05) is 27.2 Å². The lowest BCUT2D eigenvalue weighted by atomic mass is 9.83. The zero-order valence-corrected chi connectivity index (χ0v) is 10.3. The molecule has 0 amide bonds. The zero-order chi connectivity index (χ0) is 10.7. The summed E-state index contributed by atoms with van der Waals surface area (Å²) in [5.41, 5.74) is 0. The fourth-order valence-corrected chi connectivity index (χ4v) is 2.90. The lowest BCUT2D eigenvalue weighted by molar-refractivity contribution is 0.255. The molecule has 0 saturated heterocycles. The summed E-state index contributed by atoms with van der Waals surface area (Å²) in [5, 5.41) is 3.72. The Morgan fingerprint density at radius 3 is 2.53 bits per heavy atom. The molecule has 0 bridgehead atoms. The predicted molar refractivity (Wildman–Crippen MR) is 65.0 cm³/mol. The Labute approximate surface area is 94.4 Å². The summed E-state index contributed by atoms with van der Waals surface area (Å²) >= 11 is 0. The smallest absolute Gasteiger partial charge is 0.0101 e. The van der Waals surface area contributed by atoms with Crippen LogP contribution in [-0.4, -0.2) is 38.1 Å². The summed E-state index contributed by atoms with van der Waals surface area (Å²) < 4.78 is 0. The first-order valence-corrected chi connectivity index (χ1v) is 6.64. The van der Waals surface area contributed by atoms with Gasteiger partial charge in [0.15, 0.2) is 0 Å². The van der Waals surface area contributed by atoms with Crippen LogP contribution in [0, 0.1) is 11.8 Å². The highest BCUT2D eigenvalue weighted by atomic mass is 15.1. The minimum atomic E-state index is 0.823. The van der Waals surface area contributed by atoms with E-state index in [0.29, 0.717) is 0 Å². The highest BCUT2D eigenvalue weighted by molar-refractivity contribution is 4.87. The van der Waals surface area contributed by atoms with Crippen molar-refractivity contribution in [2.45, 2.75) is 44.6 Å². The third-order valence-corrected chi connectivity index (χ3v) is 4.00. The van der Waals surface area contributed by atoms with Crippen molar-refractivity contribution in [3.05, 3.63) is 0 Å². The van der Waals surface area contributed by atoms with Crippen molar-refractivity contribution in [3.63, 3.8) is 0 Å². The lowest BCUT2D eigenvalue weighted by Crippen LogP contribution is -2.38. The normalized spacial score (nSPS) is 32.2. The van der Waals surface area contributed by atoms with Gasteiger partial charge in [0.25, 0.3) is 0 Å². The predicted octanol–water partition coefficient (Wildman–Crippen LogP) is 2.11. The first-order chi connectivity index (χ1) is 7.25. The van der Waals surface area contributed by atoms with Gasteiger partial charge in [-0.15, -0.1) is 0 Å². The van der Waals surface area contributed by atoms with Gasteiger partial charge in [-0.25, -0.2) is 0 Å². The van der Waals surface area contributed by atoms with E-state index >= 15 is 0 Å². The summed E-state index contributed by atoms with van der Waals surface area (Å²) in [6.07, 6.45) is 8.89. The Balaban J connectivity index is 1.63. The van der Waals surface area contributed by atoms with Crippen molar-refractivity contribution in [3.8, 4) is 0 Å². The standard InChI is InChI=1S/C13H26N2/c1-15(2)9-8-14-13-5-3-4-12(10-13)11-6-7-11/h11-14H,3-10H2,1-2H3. The quantitative estimate of drug-likeness (QED) is 0.747. The fourth-order valence-electron chi connectivity index (χ4n) is 2.90. The van der Waals surface area contributed by atoms with Gasteiger partial charge in [0.1, 0.15) is 0 Å². The van der Waals surface area contributed by atoms with Crippen LogP contribution in [0.5, 0.6) is 0 Å². The Morgan fingerprint density at radius 2 is 1.87 bits per heavy atom. The Kier molecular flexibility index (Phi) is 4.04. The van der Waals surface area contributed by atoms with Crippen LogP contribution in [0.3, 0.4) is 0 Å². The van der Waals surface area contributed by atoms with Gasteiger partial charge >= 0.3 is 0 Å². The average Bonchev–Trinajstić information content (AvgIpc) is 3.01. The van der Waals surface area contributed by atoms with Crippen molar-refractivity contribution in [2.24, 2.45) is 11.8 Å². The maximum atomic E-state index is 3.72. The molecule has 2 fully saturated rings. The van der Waals surface area contributed by atoms with Crippen molar-refractivity contribution in [1.29, 1.82) is 0 Å². The minimum absolute atomic E-state index is 0.823. The zero-order valence-electron chi connectivity index (χ0n) is 10.3. The minimum Gasteiger partial charge on any atom is -0.313 e. The molecule has 0 heterocycles. The molecule has 2 unspecified atom stereocenters. The molecule has 0 radical (unpaired) electrons. The van der Waals surface area contributed by atoms with Crippen LogP contribution in [0.4, 0.5) is 0 Å². The van der Waals surface area contributed by atoms with E-state index in [0.717, 1.165) is 24.4 Å². The summed E-state index contributed by atoms with van der Waals surface area (Å²) in [6.45, 7) is 2.33. The molecule has 0 aromatic carbocycles. The Hall–Kier alpha value is -0.0800. The van der Waals surface area contributed by atoms with Gasteiger partial charge in [-0.2, -0.15) is 0 Å². The maximum Gasteiger partial charge on any atom is 0.0101 e. The Bertz CT molecular complexity index is 187. The van der Waals surface area contributed by atoms with Crippen LogP contribution in [0.25, 0.3) is 0 Å². The lowest BCUT2D eigenvalue weighted by Gasteiger charge is -2.30. The van der Waals surface area contributed by atoms with Gasteiger partial charge in [-0.1, -0.05) is 12.8 Å². The van der Waals surface area contributed by atoms with E-state index in [1.54, 1.807) is 0 Å². The van der Waals surface area contributed by atoms with E-state index in [2.05, 4.69) is 24.3 Å². The molecule has 2 aliphatic carbocycles. The van der Waals surface area contributed by atoms with E-state index in [1.165, 1.54) is 45.1 Å². The molecule has 2 nitrogen and oxygen atoms in total. The Morgan fingerprint density at radius 1 is 1.07 bits per heavy atom. The van der Waals surface area contributed by atoms with E-state index < -0.39 is 0 Å². The number of rotatable bonds is 5. The summed E-state index contributed by atoms with van der Waals surface area (Å²) in [4.78, 5) is 2.26. The molecule has 0 aromatic heterocycles. The molecule has 1 N–H and O–H groups in total. The highest BCUT2D eigenvalue weighted by Gasteiger charge is 2.34. The molecule has 0 spiro atoms. The van der Waals surface area contributed by atoms with Gasteiger partial charge in [0.2, 0.25) is 0 Å². The molecule has 88 valence electrons. The first-order valence-electron chi connectivity index (χ1n) is 6.64. The van der Waals surface area contributed by atoms with E-state index in [1.807, 2.05) is 0 Å². The summed E-state index contributed by atoms with van der Waals surface area (Å²) in [6, 6.07) is 0.823. The molecule has 2 aliphatic rings. The molecule has 0 aromatic rings. The summed E-state index contributed by atoms with van der Waals surface area (Å²) in [7, 11) is 4.30. The molecular formula is C13H26N2. The third-order valence-electron chi connectivity index (χ3n) is 4.00. The second-order valence-corrected chi connectivity index (χ2v) is 5.72. The van der Waals surface area contributed by atoms with E-state index in [9.17, 15) is 0 Å². The number of nitrogens with zero attached hydrogens (tertiary/aromatic N) is 1. The van der Waals surface area contributed by atoms with Crippen molar-refractivity contribution in [1.82, 2.24) is 10.2 Å². The molecule has 2 rings (SSSR count). The molecule has 2 atom stereocenters. The summed E-state index contributed by atoms with van der Waals surface area (Å²) in [5.74, 6) is 2.18. The van der Waals surface area contributed by atoms with Crippen molar-refractivity contribution >= 4 is 0 Å². The van der Waals surface area contributed by atoms with Gasteiger partial charge < -0.3 is 10.2 Å². The first kappa shape index (κ1) is 11.4. The second kappa shape index (κ2) is 5.31. The number of hydrogen-bond acceptors (Lipinski definition) is 2. The topological polar surface area (TPSA) is 15.3 Å². The van der Waals surface area contributed by atoms with Crippen LogP contribution in [0.15, 0.2) is 0 Å². The van der Waals surface area contributed by atoms with Gasteiger partial charge in [0.05, 0.1) is 0 Å². The monoisotopic (exact) mass is 210 g/mol. The van der Waals surface area contributed by atoms with Crippen molar-refractivity contribution < 1.29 is 0 Å². The van der Waals surface area contributed by atoms with Gasteiger partial charge in [0, 0.05) is 19.1 Å². The van der Waals surface area contributed by atoms with Gasteiger partial charge in [-0.3, -0.25) is 0 Å². The molecule has 0 aliphatic heterocycles. The molecule has 2 heteroatoms. The molecule has 15 heavy (non-hydrogen) atoms. The largest absolute Gasteiger partial charge is 0.313 e. The molecular weight excluding hydrogens is 184 g/mol. The SMILES string of the molecule is CN(C)CCNC1CCCC(C2CC2)C1. The van der Waals surface area contributed by atoms with Gasteiger partial charge in [-0.05, 0) is 51.6 Å². The number of hydrogen-bond donors (Lipinski definition) is 1. The third kappa shape index (κ3) is 3.76. The molecule has 2 saturated carbocycles. The fraction of sp³-hybridized carbons (Fsp3) is 1.00. The second-order valence-electron chi connectivity index (χ2n) is 5.72. The van der Waals surface area contributed by atoms with E-state index in [4.69, 9.17) is 0 Å². The maximum absolute atomic E-state index is 3.72. The average molecular weight is 210 g/mol.